The summed E-state index contributed by atoms with van der Waals surface area (Å²) in [5.41, 5.74) is 1.09. The second-order valence-corrected chi connectivity index (χ2v) is 12.0. The number of hydrogen-bond acceptors (Lipinski definition) is 10. The number of carboxylic acid groups (broad SMARTS) is 2. The van der Waals surface area contributed by atoms with Gasteiger partial charge < -0.3 is 50.7 Å². The van der Waals surface area contributed by atoms with Gasteiger partial charge in [0.2, 0.25) is 0 Å². The molecule has 9 N–H and O–H groups in total. The van der Waals surface area contributed by atoms with Crippen molar-refractivity contribution in [2.75, 3.05) is 7.11 Å². The lowest BCUT2D eigenvalue weighted by atomic mass is 10.2. The zero-order valence-electron chi connectivity index (χ0n) is 30.2. The number of aromatic hydroxyl groups is 7. The molecule has 0 aromatic heterocycles. The summed E-state index contributed by atoms with van der Waals surface area (Å²) in [4.78, 5) is 20.2. The number of aliphatic carboxylic acids is 2. The molecule has 6 aromatic carbocycles. The number of rotatable bonds is 5. The van der Waals surface area contributed by atoms with Gasteiger partial charge in [-0.05, 0) is 127 Å². The lowest BCUT2D eigenvalue weighted by molar-refractivity contribution is -0.132. The topological polar surface area (TPSA) is 225 Å². The Kier molecular flexibility index (Phi) is 23.1. The summed E-state index contributed by atoms with van der Waals surface area (Å²) in [6.07, 6.45) is 4.66. The first-order valence-electron chi connectivity index (χ1n) is 16.2. The Hall–Kier alpha value is -7.09. The molecule has 12 nitrogen and oxygen atoms in total. The molecule has 0 saturated carbocycles. The minimum absolute atomic E-state index is 0.0648. The molecule has 0 fully saturated rings. The van der Waals surface area contributed by atoms with Crippen LogP contribution in [0.25, 0.3) is 12.2 Å². The van der Waals surface area contributed by atoms with Crippen molar-refractivity contribution >= 4 is 51.6 Å². The first-order chi connectivity index (χ1) is 27.1. The molecule has 6 rings (SSSR count). The molecular formula is C43H40BrClO12. The van der Waals surface area contributed by atoms with Gasteiger partial charge in [0.15, 0.2) is 0 Å². The van der Waals surface area contributed by atoms with Crippen LogP contribution in [-0.4, -0.2) is 65.0 Å². The van der Waals surface area contributed by atoms with Gasteiger partial charge in [-0.2, -0.15) is 0 Å². The molecule has 0 bridgehead atoms. The Morgan fingerprint density at radius 2 is 0.930 bits per heavy atom. The highest BCUT2D eigenvalue weighted by Crippen LogP contribution is 2.23. The number of halogens is 2. The fourth-order valence-corrected chi connectivity index (χ4v) is 3.87. The van der Waals surface area contributed by atoms with Crippen LogP contribution in [0.2, 0.25) is 5.02 Å². The van der Waals surface area contributed by atoms with Crippen molar-refractivity contribution in [3.05, 3.63) is 178 Å². The summed E-state index contributed by atoms with van der Waals surface area (Å²) in [5.74, 6) is -0.241. The fraction of sp³-hybridized carbons (Fsp3) is 0.0233. The van der Waals surface area contributed by atoms with Gasteiger partial charge in [0.25, 0.3) is 0 Å². The van der Waals surface area contributed by atoms with Crippen LogP contribution < -0.4 is 4.74 Å². The van der Waals surface area contributed by atoms with Crippen molar-refractivity contribution in [1.29, 1.82) is 0 Å². The van der Waals surface area contributed by atoms with Gasteiger partial charge in [0.1, 0.15) is 46.0 Å². The van der Waals surface area contributed by atoms with Crippen LogP contribution in [0.3, 0.4) is 0 Å². The predicted molar refractivity (Wildman–Crippen MR) is 223 cm³/mol. The van der Waals surface area contributed by atoms with Crippen molar-refractivity contribution in [2.45, 2.75) is 0 Å². The maximum Gasteiger partial charge on any atom is 0.328 e. The molecule has 14 heteroatoms. The van der Waals surface area contributed by atoms with E-state index < -0.39 is 11.9 Å². The van der Waals surface area contributed by atoms with E-state index in [4.69, 9.17) is 57.2 Å². The molecule has 0 aliphatic heterocycles. The number of para-hydroxylation sites is 1. The number of carboxylic acids is 2. The summed E-state index contributed by atoms with van der Waals surface area (Å²) in [6.45, 7) is 0. The largest absolute Gasteiger partial charge is 0.508 e. The summed E-state index contributed by atoms with van der Waals surface area (Å²) < 4.78 is 5.84. The first-order valence-corrected chi connectivity index (χ1v) is 17.3. The molecule has 0 atom stereocenters. The number of hydrogen-bond donors (Lipinski definition) is 9. The first kappa shape index (κ1) is 47.9. The molecule has 0 spiro atoms. The molecule has 0 unspecified atom stereocenters. The van der Waals surface area contributed by atoms with Gasteiger partial charge in [-0.1, -0.05) is 57.9 Å². The van der Waals surface area contributed by atoms with Gasteiger partial charge in [-0.15, -0.1) is 0 Å². The van der Waals surface area contributed by atoms with Crippen molar-refractivity contribution in [3.63, 3.8) is 0 Å². The van der Waals surface area contributed by atoms with Crippen LogP contribution in [-0.2, 0) is 9.59 Å². The Morgan fingerprint density at radius 3 is 1.32 bits per heavy atom. The smallest absolute Gasteiger partial charge is 0.328 e. The molecule has 0 amide bonds. The Balaban J connectivity index is 0.000000347. The van der Waals surface area contributed by atoms with Crippen LogP contribution in [0.1, 0.15) is 11.1 Å². The van der Waals surface area contributed by atoms with Crippen molar-refractivity contribution in [1.82, 2.24) is 0 Å². The van der Waals surface area contributed by atoms with E-state index >= 15 is 0 Å². The average Bonchev–Trinajstić information content (AvgIpc) is 3.18. The highest BCUT2D eigenvalue weighted by atomic mass is 79.9. The molecule has 298 valence electrons. The number of ether oxygens (including phenoxy) is 1. The molecule has 0 aliphatic carbocycles. The third kappa shape index (κ3) is 24.8. The molecule has 0 heterocycles. The average molecular weight is 864 g/mol. The maximum absolute atomic E-state index is 10.1. The minimum atomic E-state index is -1.09. The van der Waals surface area contributed by atoms with E-state index in [2.05, 4.69) is 15.9 Å². The number of methoxy groups -OCH3 is 1. The number of carbonyl (C=O) groups is 2. The van der Waals surface area contributed by atoms with Gasteiger partial charge in [0, 0.05) is 33.3 Å². The molecule has 0 aliphatic rings. The molecule has 6 aromatic rings. The van der Waals surface area contributed by atoms with Gasteiger partial charge >= 0.3 is 11.9 Å². The van der Waals surface area contributed by atoms with E-state index in [0.29, 0.717) is 22.1 Å². The quantitative estimate of drug-likeness (QED) is 0.0739. The Bertz CT molecular complexity index is 2000. The molecule has 57 heavy (non-hydrogen) atoms. The monoisotopic (exact) mass is 862 g/mol. The van der Waals surface area contributed by atoms with E-state index in [1.807, 2.05) is 6.07 Å². The fourth-order valence-electron chi connectivity index (χ4n) is 3.48. The highest BCUT2D eigenvalue weighted by molar-refractivity contribution is 9.10. The second-order valence-electron chi connectivity index (χ2n) is 10.7. The summed E-state index contributed by atoms with van der Waals surface area (Å²) in [7, 11) is 1.59. The zero-order valence-corrected chi connectivity index (χ0v) is 32.5. The summed E-state index contributed by atoms with van der Waals surface area (Å²) in [5, 5.41) is 79.1. The zero-order chi connectivity index (χ0) is 42.6. The van der Waals surface area contributed by atoms with E-state index in [1.165, 1.54) is 36.4 Å². The van der Waals surface area contributed by atoms with Gasteiger partial charge in [0.05, 0.1) is 7.11 Å². The SMILES string of the molecule is COc1ccc(O)cc1.O=C(O)/C=C/c1ccc(O)cc1.O=C(O)/C=C/c1ccc(O)cc1O.Oc1ccc(Br)cc1.Oc1ccc(Cl)cc1.Oc1ccccc1. The third-order valence-corrected chi connectivity index (χ3v) is 6.99. The second kappa shape index (κ2) is 27.5. The van der Waals surface area contributed by atoms with Crippen LogP contribution in [0.15, 0.2) is 162 Å². The van der Waals surface area contributed by atoms with Crippen LogP contribution in [0.4, 0.5) is 0 Å². The van der Waals surface area contributed by atoms with Crippen molar-refractivity contribution in [2.24, 2.45) is 0 Å². The lowest BCUT2D eigenvalue weighted by Gasteiger charge is -1.98. The summed E-state index contributed by atoms with van der Waals surface area (Å²) >= 11 is 8.73. The van der Waals surface area contributed by atoms with Crippen LogP contribution >= 0.6 is 27.5 Å². The van der Waals surface area contributed by atoms with Crippen molar-refractivity contribution in [3.8, 4) is 46.0 Å². The third-order valence-electron chi connectivity index (χ3n) is 6.21. The molecule has 0 saturated heterocycles. The van der Waals surface area contributed by atoms with Gasteiger partial charge in [-0.25, -0.2) is 9.59 Å². The van der Waals surface area contributed by atoms with E-state index in [-0.39, 0.29) is 28.7 Å². The molecule has 0 radical (unpaired) electrons. The minimum Gasteiger partial charge on any atom is -0.508 e. The normalized spacial score (nSPS) is 9.60. The van der Waals surface area contributed by atoms with Gasteiger partial charge in [-0.3, -0.25) is 0 Å². The van der Waals surface area contributed by atoms with E-state index in [0.717, 1.165) is 34.0 Å². The molecular weight excluding hydrogens is 824 g/mol. The number of phenols is 7. The number of phenolic OH excluding ortho intramolecular Hbond substituents is 7. The highest BCUT2D eigenvalue weighted by Gasteiger charge is 1.98. The predicted octanol–water partition coefficient (Wildman–Crippen LogP) is 9.68. The van der Waals surface area contributed by atoms with E-state index in [9.17, 15) is 14.7 Å². The maximum atomic E-state index is 10.1. The van der Waals surface area contributed by atoms with Crippen LogP contribution in [0, 0.1) is 0 Å². The standard InChI is InChI=1S/C9H8O4.C9H8O3.C7H8O2.C6H5BrO.C6H5ClO.C6H6O/c10-7-3-1-6(8(11)5-7)2-4-9(12)13;10-8-4-1-7(2-5-8)3-6-9(11)12;1-9-7-4-2-6(8)3-5-7;2*7-5-1-3-6(8)4-2-5;7-6-4-2-1-3-5-6/h1-5,10-11H,(H,12,13);1-6,10H,(H,11,12);2-5,8H,1H3;2*1-4,8H;1-5,7H/b4-2+;6-3+;;;;. The Labute approximate surface area is 342 Å². The Morgan fingerprint density at radius 1 is 0.526 bits per heavy atom. The van der Waals surface area contributed by atoms with E-state index in [1.54, 1.807) is 116 Å². The lowest BCUT2D eigenvalue weighted by Crippen LogP contribution is -1.85. The number of benzene rings is 6. The van der Waals surface area contributed by atoms with Crippen molar-refractivity contribution < 1.29 is 60.3 Å². The van der Waals surface area contributed by atoms with Crippen LogP contribution in [0.5, 0.6) is 46.0 Å². The summed E-state index contributed by atoms with van der Waals surface area (Å²) in [6, 6.07) is 38.7.